The van der Waals surface area contributed by atoms with Crippen LogP contribution in [0.2, 0.25) is 0 Å². The van der Waals surface area contributed by atoms with Gasteiger partial charge in [-0.25, -0.2) is 14.6 Å². The van der Waals surface area contributed by atoms with Crippen molar-refractivity contribution in [3.8, 4) is 0 Å². The topological polar surface area (TPSA) is 156 Å². The molecule has 5 amide bonds. The Morgan fingerprint density at radius 1 is 0.925 bits per heavy atom. The molecule has 1 saturated heterocycles. The lowest BCUT2D eigenvalue weighted by Crippen LogP contribution is -2.60. The van der Waals surface area contributed by atoms with Gasteiger partial charge < -0.3 is 30.3 Å². The summed E-state index contributed by atoms with van der Waals surface area (Å²) >= 11 is 0. The summed E-state index contributed by atoms with van der Waals surface area (Å²) in [5, 5.41) is 19.3. The van der Waals surface area contributed by atoms with Crippen LogP contribution in [0, 0.1) is 11.3 Å². The van der Waals surface area contributed by atoms with Crippen molar-refractivity contribution in [3.63, 3.8) is 0 Å². The summed E-state index contributed by atoms with van der Waals surface area (Å²) in [5.41, 5.74) is 4.91. The van der Waals surface area contributed by atoms with E-state index in [1.54, 1.807) is 27.2 Å². The van der Waals surface area contributed by atoms with E-state index < -0.39 is 41.6 Å². The molecule has 0 bridgehead atoms. The number of carbonyl (C=O) groups excluding carboxylic acids is 4. The molecule has 13 heteroatoms. The van der Waals surface area contributed by atoms with Crippen molar-refractivity contribution < 1.29 is 29.0 Å². The van der Waals surface area contributed by atoms with Crippen LogP contribution in [0.5, 0.6) is 0 Å². The first-order valence-corrected chi connectivity index (χ1v) is 18.2. The number of aromatic nitrogens is 1. The number of aliphatic hydroxyl groups excluding tert-OH is 1. The van der Waals surface area contributed by atoms with Crippen molar-refractivity contribution in [1.82, 2.24) is 35.9 Å². The Bertz CT molecular complexity index is 1620. The number of nitrogens with zero attached hydrogens (tertiary/aromatic N) is 4. The number of aliphatic hydroxyl groups is 1. The average Bonchev–Trinajstić information content (AvgIpc) is 3.49. The summed E-state index contributed by atoms with van der Waals surface area (Å²) in [6.07, 6.45) is 2.45. The number of hydrogen-bond acceptors (Lipinski definition) is 8. The molecule has 0 saturated carbocycles. The van der Waals surface area contributed by atoms with Gasteiger partial charge in [-0.3, -0.25) is 20.0 Å². The first kappa shape index (κ1) is 40.8. The third-order valence-electron chi connectivity index (χ3n) is 9.57. The summed E-state index contributed by atoms with van der Waals surface area (Å²) < 4.78 is 4.78. The van der Waals surface area contributed by atoms with Gasteiger partial charge in [0.2, 0.25) is 5.91 Å². The van der Waals surface area contributed by atoms with Gasteiger partial charge in [-0.15, -0.1) is 0 Å². The minimum atomic E-state index is -1.17. The fourth-order valence-corrected chi connectivity index (χ4v) is 6.45. The Hall–Kier alpha value is -5.01. The molecule has 1 fully saturated rings. The normalized spacial score (nSPS) is 16.0. The smallest absolute Gasteiger partial charge is 0.407 e. The zero-order chi connectivity index (χ0) is 38.5. The quantitative estimate of drug-likeness (QED) is 0.151. The number of rotatable bonds is 17. The number of pyridine rings is 1. The minimum Gasteiger partial charge on any atom is -0.453 e. The van der Waals surface area contributed by atoms with E-state index in [0.29, 0.717) is 32.5 Å². The van der Waals surface area contributed by atoms with Gasteiger partial charge >= 0.3 is 12.1 Å². The molecular formula is C40H55N7O6. The fourth-order valence-electron chi connectivity index (χ4n) is 6.45. The molecule has 3 aromatic rings. The molecule has 0 aliphatic carbocycles. The summed E-state index contributed by atoms with van der Waals surface area (Å²) in [5.74, 6) is -1.02. The number of urea groups is 1. The van der Waals surface area contributed by atoms with Gasteiger partial charge in [0.1, 0.15) is 12.1 Å². The molecule has 2 heterocycles. The number of alkyl carbamates (subject to hydrolysis) is 1. The second-order valence-electron chi connectivity index (χ2n) is 14.7. The van der Waals surface area contributed by atoms with Gasteiger partial charge in [0, 0.05) is 45.1 Å². The summed E-state index contributed by atoms with van der Waals surface area (Å²) in [6, 6.07) is 20.0. The first-order valence-electron chi connectivity index (χ1n) is 18.2. The Morgan fingerprint density at radius 2 is 1.57 bits per heavy atom. The zero-order valence-electron chi connectivity index (χ0n) is 31.7. The predicted molar refractivity (Wildman–Crippen MR) is 202 cm³/mol. The first-order chi connectivity index (χ1) is 25.3. The van der Waals surface area contributed by atoms with Crippen molar-refractivity contribution in [2.45, 2.75) is 84.8 Å². The lowest BCUT2D eigenvalue weighted by atomic mass is 9.86. The fraction of sp³-hybridized carbons (Fsp3) is 0.475. The molecule has 2 aromatic carbocycles. The number of hydrogen-bond donors (Lipinski definition) is 4. The van der Waals surface area contributed by atoms with E-state index in [-0.39, 0.29) is 30.9 Å². The maximum atomic E-state index is 14.4. The molecule has 53 heavy (non-hydrogen) atoms. The van der Waals surface area contributed by atoms with Gasteiger partial charge in [0.15, 0.2) is 0 Å². The Kier molecular flexibility index (Phi) is 14.7. The van der Waals surface area contributed by atoms with Crippen LogP contribution in [-0.2, 0) is 33.8 Å². The number of benzene rings is 2. The van der Waals surface area contributed by atoms with Crippen LogP contribution in [0.15, 0.2) is 85.2 Å². The molecule has 1 aliphatic heterocycles. The Morgan fingerprint density at radius 3 is 2.15 bits per heavy atom. The van der Waals surface area contributed by atoms with Gasteiger partial charge in [0.05, 0.1) is 19.3 Å². The maximum Gasteiger partial charge on any atom is 0.407 e. The Labute approximate surface area is 313 Å². The van der Waals surface area contributed by atoms with Crippen molar-refractivity contribution in [2.75, 3.05) is 26.7 Å². The number of hydrazine groups is 1. The van der Waals surface area contributed by atoms with E-state index in [1.165, 1.54) is 7.11 Å². The highest BCUT2D eigenvalue weighted by molar-refractivity contribution is 5.88. The molecule has 0 spiro atoms. The van der Waals surface area contributed by atoms with E-state index in [2.05, 4.69) is 21.0 Å². The largest absolute Gasteiger partial charge is 0.453 e. The molecule has 13 nitrogen and oxygen atoms in total. The summed E-state index contributed by atoms with van der Waals surface area (Å²) in [6.45, 7) is 10.8. The van der Waals surface area contributed by atoms with Crippen LogP contribution in [0.3, 0.4) is 0 Å². The molecule has 286 valence electrons. The summed E-state index contributed by atoms with van der Waals surface area (Å²) in [7, 11) is 1.23. The standard InChI is InChI=1S/C40H55N7O6/c1-7-28(2)34(47-22-21-45(39(47)52)25-31-19-14-20-41-24-31)36(49)42-32(23-29-15-10-8-11-16-29)33(48)27-46(26-30-17-12-9-13-18-30)44-37(50)35(40(3,4)5)43-38(51)53-6/h8-20,24,28,32-35,48H,7,21-23,25-27H2,1-6H3,(H,42,49)(H,43,51)(H,44,50)/t28-,32-,33-,34-,35+/m0/s1. The van der Waals surface area contributed by atoms with E-state index in [0.717, 1.165) is 16.7 Å². The van der Waals surface area contributed by atoms with E-state index in [9.17, 15) is 24.3 Å². The molecule has 4 N–H and O–H groups in total. The molecular weight excluding hydrogens is 674 g/mol. The zero-order valence-corrected chi connectivity index (χ0v) is 31.7. The van der Waals surface area contributed by atoms with Gasteiger partial charge in [-0.05, 0) is 40.5 Å². The van der Waals surface area contributed by atoms with Gasteiger partial charge in [-0.1, -0.05) is 108 Å². The predicted octanol–water partition coefficient (Wildman–Crippen LogP) is 4.13. The molecule has 0 radical (unpaired) electrons. The van der Waals surface area contributed by atoms with Crippen LogP contribution < -0.4 is 16.1 Å². The van der Waals surface area contributed by atoms with Crippen LogP contribution in [0.25, 0.3) is 0 Å². The SMILES string of the molecule is CC[C@H](C)[C@@H](C(=O)N[C@@H](Cc1ccccc1)[C@@H](O)CN(Cc1ccccc1)NC(=O)[C@@H](NC(=O)OC)C(C)(C)C)N1CCN(Cc2cccnc2)C1=O. The Balaban J connectivity index is 1.59. The van der Waals surface area contributed by atoms with Crippen LogP contribution >= 0.6 is 0 Å². The number of amides is 5. The average molecular weight is 730 g/mol. The molecule has 1 aliphatic rings. The third kappa shape index (κ3) is 11.7. The van der Waals surface area contributed by atoms with E-state index in [4.69, 9.17) is 4.74 Å². The monoisotopic (exact) mass is 729 g/mol. The van der Waals surface area contributed by atoms with Crippen LogP contribution in [-0.4, -0.2) is 99.8 Å². The van der Waals surface area contributed by atoms with Gasteiger partial charge in [-0.2, -0.15) is 0 Å². The number of ether oxygens (including phenoxy) is 1. The number of nitrogens with one attached hydrogen (secondary N) is 3. The van der Waals surface area contributed by atoms with Crippen molar-refractivity contribution in [3.05, 3.63) is 102 Å². The molecule has 1 aromatic heterocycles. The molecule has 5 atom stereocenters. The van der Waals surface area contributed by atoms with E-state index >= 15 is 0 Å². The minimum absolute atomic E-state index is 0.0664. The van der Waals surface area contributed by atoms with Gasteiger partial charge in [0.25, 0.3) is 5.91 Å². The summed E-state index contributed by atoms with van der Waals surface area (Å²) in [4.78, 5) is 61.6. The highest BCUT2D eigenvalue weighted by atomic mass is 16.5. The highest BCUT2D eigenvalue weighted by Gasteiger charge is 2.41. The number of methoxy groups -OCH3 is 1. The van der Waals surface area contributed by atoms with Crippen molar-refractivity contribution in [1.29, 1.82) is 0 Å². The van der Waals surface area contributed by atoms with E-state index in [1.807, 2.05) is 107 Å². The lowest BCUT2D eigenvalue weighted by molar-refractivity contribution is -0.132. The molecule has 0 unspecified atom stereocenters. The number of carbonyl (C=O) groups is 4. The van der Waals surface area contributed by atoms with Crippen molar-refractivity contribution in [2.24, 2.45) is 11.3 Å². The second-order valence-corrected chi connectivity index (χ2v) is 14.7. The van der Waals surface area contributed by atoms with Crippen LogP contribution in [0.4, 0.5) is 9.59 Å². The maximum absolute atomic E-state index is 14.4. The highest BCUT2D eigenvalue weighted by Crippen LogP contribution is 2.24. The lowest BCUT2D eigenvalue weighted by Gasteiger charge is -2.36. The third-order valence-corrected chi connectivity index (χ3v) is 9.57. The second kappa shape index (κ2) is 19.2. The van der Waals surface area contributed by atoms with Crippen molar-refractivity contribution >= 4 is 23.9 Å². The van der Waals surface area contributed by atoms with Crippen LogP contribution in [0.1, 0.15) is 57.7 Å². The molecule has 4 rings (SSSR count).